The summed E-state index contributed by atoms with van der Waals surface area (Å²) < 4.78 is 4.60. The van der Waals surface area contributed by atoms with Crippen LogP contribution in [0.2, 0.25) is 0 Å². The van der Waals surface area contributed by atoms with E-state index in [4.69, 9.17) is 0 Å². The fraction of sp³-hybridized carbons (Fsp3) is 0.100. The maximum atomic E-state index is 4.43. The molecule has 3 aromatic rings. The summed E-state index contributed by atoms with van der Waals surface area (Å²) in [5.41, 5.74) is 0.810. The molecule has 0 amide bonds. The number of aryl methyl sites for hydroxylation is 1. The molecule has 5 nitrogen and oxygen atoms in total. The van der Waals surface area contributed by atoms with Gasteiger partial charge in [0.15, 0.2) is 11.5 Å². The fourth-order valence-corrected chi connectivity index (χ4v) is 2.04. The number of halogens is 1. The zero-order valence-corrected chi connectivity index (χ0v) is 10.1. The molecule has 0 spiro atoms. The van der Waals surface area contributed by atoms with Crippen LogP contribution in [-0.2, 0) is 0 Å². The molecule has 0 bridgehead atoms. The molecule has 6 heteroatoms. The largest absolute Gasteiger partial charge is 0.301 e. The molecule has 0 radical (unpaired) electrons. The van der Waals surface area contributed by atoms with Crippen LogP contribution in [0.4, 0.5) is 0 Å². The molecule has 80 valence electrons. The first-order valence-corrected chi connectivity index (χ1v) is 5.54. The summed E-state index contributed by atoms with van der Waals surface area (Å²) in [6.45, 7) is 1.93. The van der Waals surface area contributed by atoms with Crippen molar-refractivity contribution in [3.05, 3.63) is 41.4 Å². The van der Waals surface area contributed by atoms with Gasteiger partial charge in [0.1, 0.15) is 10.4 Å². The molecule has 0 saturated heterocycles. The Kier molecular flexibility index (Phi) is 2.03. The van der Waals surface area contributed by atoms with Crippen LogP contribution in [0.3, 0.4) is 0 Å². The molecular formula is C10H8BrN5. The number of fused-ring (bicyclic) bond motifs is 1. The minimum absolute atomic E-state index is 0.765. The fourth-order valence-electron chi connectivity index (χ4n) is 1.65. The van der Waals surface area contributed by atoms with Crippen molar-refractivity contribution < 1.29 is 0 Å². The highest BCUT2D eigenvalue weighted by Crippen LogP contribution is 2.17. The Hall–Kier alpha value is -1.69. The minimum atomic E-state index is 0.765. The molecule has 0 aliphatic heterocycles. The van der Waals surface area contributed by atoms with Crippen molar-refractivity contribution in [2.45, 2.75) is 6.92 Å². The third kappa shape index (κ3) is 1.34. The summed E-state index contributed by atoms with van der Waals surface area (Å²) in [6.07, 6.45) is 9.13. The highest BCUT2D eigenvalue weighted by Gasteiger charge is 2.09. The topological polar surface area (TPSA) is 48.0 Å². The summed E-state index contributed by atoms with van der Waals surface area (Å²) in [5, 5.41) is 0. The monoisotopic (exact) mass is 277 g/mol. The molecule has 0 saturated carbocycles. The molecule has 3 heterocycles. The molecule has 3 aromatic heterocycles. The van der Waals surface area contributed by atoms with Gasteiger partial charge in [0.25, 0.3) is 0 Å². The summed E-state index contributed by atoms with van der Waals surface area (Å²) >= 11 is 3.38. The van der Waals surface area contributed by atoms with Crippen molar-refractivity contribution in [2.75, 3.05) is 0 Å². The summed E-state index contributed by atoms with van der Waals surface area (Å²) in [4.78, 5) is 12.9. The highest BCUT2D eigenvalue weighted by atomic mass is 79.9. The molecule has 3 rings (SSSR count). The maximum Gasteiger partial charge on any atom is 0.183 e. The Morgan fingerprint density at radius 3 is 2.75 bits per heavy atom. The zero-order valence-electron chi connectivity index (χ0n) is 8.50. The Labute approximate surface area is 99.9 Å². The Balaban J connectivity index is 2.38. The van der Waals surface area contributed by atoms with Gasteiger partial charge in [-0.05, 0) is 22.9 Å². The highest BCUT2D eigenvalue weighted by molar-refractivity contribution is 9.10. The molecule has 0 N–H and O–H groups in total. The van der Waals surface area contributed by atoms with Gasteiger partial charge in [0.05, 0.1) is 0 Å². The average molecular weight is 278 g/mol. The number of imidazole rings is 2. The number of nitrogens with zero attached hydrogens (tertiary/aromatic N) is 5. The van der Waals surface area contributed by atoms with Crippen molar-refractivity contribution >= 4 is 21.6 Å². The van der Waals surface area contributed by atoms with Crippen LogP contribution >= 0.6 is 15.9 Å². The van der Waals surface area contributed by atoms with Crippen LogP contribution in [0.1, 0.15) is 5.82 Å². The molecule has 0 aliphatic rings. The van der Waals surface area contributed by atoms with Crippen molar-refractivity contribution in [1.82, 2.24) is 23.9 Å². The number of hydrogen-bond donors (Lipinski definition) is 0. The van der Waals surface area contributed by atoms with Crippen LogP contribution in [-0.4, -0.2) is 23.9 Å². The maximum absolute atomic E-state index is 4.43. The van der Waals surface area contributed by atoms with Gasteiger partial charge in [-0.25, -0.2) is 15.0 Å². The van der Waals surface area contributed by atoms with Crippen LogP contribution in [0, 0.1) is 6.92 Å². The van der Waals surface area contributed by atoms with Gasteiger partial charge in [-0.15, -0.1) is 0 Å². The van der Waals surface area contributed by atoms with Gasteiger partial charge in [-0.1, -0.05) is 0 Å². The van der Waals surface area contributed by atoms with E-state index in [0.717, 1.165) is 21.9 Å². The minimum Gasteiger partial charge on any atom is -0.301 e. The van der Waals surface area contributed by atoms with Crippen molar-refractivity contribution in [3.63, 3.8) is 0 Å². The second-order valence-electron chi connectivity index (χ2n) is 3.39. The van der Waals surface area contributed by atoms with Crippen LogP contribution in [0.15, 0.2) is 35.6 Å². The smallest absolute Gasteiger partial charge is 0.183 e. The van der Waals surface area contributed by atoms with E-state index in [0.29, 0.717) is 0 Å². The average Bonchev–Trinajstić information content (AvgIpc) is 2.84. The second kappa shape index (κ2) is 3.41. The van der Waals surface area contributed by atoms with Crippen molar-refractivity contribution in [3.8, 4) is 5.82 Å². The van der Waals surface area contributed by atoms with Crippen molar-refractivity contribution in [2.24, 2.45) is 0 Å². The summed E-state index contributed by atoms with van der Waals surface area (Å²) in [5.74, 6) is 1.66. The molecule has 16 heavy (non-hydrogen) atoms. The van der Waals surface area contributed by atoms with Crippen LogP contribution in [0.5, 0.6) is 0 Å². The van der Waals surface area contributed by atoms with E-state index in [9.17, 15) is 0 Å². The predicted octanol–water partition coefficient (Wildman–Crippen LogP) is 1.99. The van der Waals surface area contributed by atoms with E-state index < -0.39 is 0 Å². The summed E-state index contributed by atoms with van der Waals surface area (Å²) in [6, 6.07) is 0. The lowest BCUT2D eigenvalue weighted by Gasteiger charge is -2.06. The standard InChI is InChI=1S/C10H8BrN5/c1-7-12-3-5-16(7)10-9-13-2-4-15(9)6-8(11)14-10/h2-6H,1H3. The number of hydrogen-bond acceptors (Lipinski definition) is 3. The lowest BCUT2D eigenvalue weighted by atomic mass is 10.5. The van der Waals surface area contributed by atoms with Gasteiger partial charge in [-0.3, -0.25) is 4.57 Å². The molecule has 0 aliphatic carbocycles. The van der Waals surface area contributed by atoms with Crippen molar-refractivity contribution in [1.29, 1.82) is 0 Å². The third-order valence-electron chi connectivity index (χ3n) is 2.38. The van der Waals surface area contributed by atoms with E-state index in [-0.39, 0.29) is 0 Å². The zero-order chi connectivity index (χ0) is 11.1. The lowest BCUT2D eigenvalue weighted by Crippen LogP contribution is -2.03. The van der Waals surface area contributed by atoms with Gasteiger partial charge in [0, 0.05) is 31.0 Å². The summed E-state index contributed by atoms with van der Waals surface area (Å²) in [7, 11) is 0. The van der Waals surface area contributed by atoms with Crippen LogP contribution in [0.25, 0.3) is 11.5 Å². The SMILES string of the molecule is Cc1nccn1-c1nc(Br)cn2ccnc12. The number of rotatable bonds is 1. The van der Waals surface area contributed by atoms with Crippen LogP contribution < -0.4 is 0 Å². The van der Waals surface area contributed by atoms with E-state index in [1.54, 1.807) is 12.4 Å². The first-order valence-electron chi connectivity index (χ1n) is 4.75. The molecule has 0 fully saturated rings. The third-order valence-corrected chi connectivity index (χ3v) is 2.76. The second-order valence-corrected chi connectivity index (χ2v) is 4.20. The van der Waals surface area contributed by atoms with Gasteiger partial charge < -0.3 is 4.40 Å². The first kappa shape index (κ1) is 9.53. The van der Waals surface area contributed by atoms with Gasteiger partial charge >= 0.3 is 0 Å². The molecule has 0 aromatic carbocycles. The molecule has 0 unspecified atom stereocenters. The Morgan fingerprint density at radius 2 is 2.00 bits per heavy atom. The molecule has 0 atom stereocenters. The molecular weight excluding hydrogens is 270 g/mol. The van der Waals surface area contributed by atoms with E-state index >= 15 is 0 Å². The quantitative estimate of drug-likeness (QED) is 0.684. The van der Waals surface area contributed by atoms with Gasteiger partial charge in [-0.2, -0.15) is 0 Å². The Bertz CT molecular complexity index is 654. The first-order chi connectivity index (χ1) is 7.75. The van der Waals surface area contributed by atoms with E-state index in [2.05, 4.69) is 30.9 Å². The predicted molar refractivity (Wildman–Crippen MR) is 62.5 cm³/mol. The normalized spacial score (nSPS) is 11.1. The Morgan fingerprint density at radius 1 is 1.19 bits per heavy atom. The van der Waals surface area contributed by atoms with E-state index in [1.807, 2.05) is 34.5 Å². The lowest BCUT2D eigenvalue weighted by molar-refractivity contribution is 0.913. The van der Waals surface area contributed by atoms with Gasteiger partial charge in [0.2, 0.25) is 0 Å². The number of aromatic nitrogens is 5. The van der Waals surface area contributed by atoms with E-state index in [1.165, 1.54) is 0 Å².